The number of aromatic carboxylic acids is 1. The molecule has 0 atom stereocenters. The first-order valence-corrected chi connectivity index (χ1v) is 8.28. The molecule has 1 aromatic carbocycles. The van der Waals surface area contributed by atoms with E-state index in [1.807, 2.05) is 6.07 Å². The Morgan fingerprint density at radius 3 is 2.38 bits per heavy atom. The Labute approximate surface area is 140 Å². The molecule has 2 N–H and O–H groups in total. The minimum absolute atomic E-state index is 0.0230. The van der Waals surface area contributed by atoms with Gasteiger partial charge in [0, 0.05) is 5.92 Å². The van der Waals surface area contributed by atoms with Crippen LogP contribution >= 0.6 is 0 Å². The summed E-state index contributed by atoms with van der Waals surface area (Å²) >= 11 is 0. The third-order valence-corrected chi connectivity index (χ3v) is 4.68. The van der Waals surface area contributed by atoms with Gasteiger partial charge in [0.05, 0.1) is 6.54 Å². The van der Waals surface area contributed by atoms with Crippen molar-refractivity contribution in [3.05, 3.63) is 59.5 Å². The van der Waals surface area contributed by atoms with Crippen molar-refractivity contribution < 1.29 is 19.1 Å². The van der Waals surface area contributed by atoms with E-state index in [0.29, 0.717) is 11.7 Å². The van der Waals surface area contributed by atoms with E-state index in [0.717, 1.165) is 25.7 Å². The summed E-state index contributed by atoms with van der Waals surface area (Å²) in [6.45, 7) is 0.227. The highest BCUT2D eigenvalue weighted by Gasteiger charge is 2.27. The normalized spacial score (nSPS) is 20.5. The molecule has 1 aromatic heterocycles. The molecule has 0 saturated heterocycles. The molecular formula is C19H21NO4. The largest absolute Gasteiger partial charge is 0.475 e. The number of furan rings is 1. The molecule has 1 fully saturated rings. The third kappa shape index (κ3) is 3.85. The summed E-state index contributed by atoms with van der Waals surface area (Å²) in [7, 11) is 0. The number of amides is 1. The van der Waals surface area contributed by atoms with Gasteiger partial charge in [0.1, 0.15) is 5.76 Å². The fraction of sp³-hybridized carbons (Fsp3) is 0.368. The summed E-state index contributed by atoms with van der Waals surface area (Å²) in [5.74, 6) is -0.166. The van der Waals surface area contributed by atoms with Crippen molar-refractivity contribution in [2.45, 2.75) is 38.1 Å². The van der Waals surface area contributed by atoms with Gasteiger partial charge in [0.25, 0.3) is 0 Å². The predicted molar refractivity (Wildman–Crippen MR) is 88.7 cm³/mol. The van der Waals surface area contributed by atoms with Crippen LogP contribution in [0.4, 0.5) is 0 Å². The van der Waals surface area contributed by atoms with Crippen molar-refractivity contribution >= 4 is 11.9 Å². The molecule has 1 saturated carbocycles. The lowest BCUT2D eigenvalue weighted by Gasteiger charge is -2.28. The van der Waals surface area contributed by atoms with Gasteiger partial charge >= 0.3 is 5.97 Å². The number of nitrogens with one attached hydrogen (secondary N) is 1. The van der Waals surface area contributed by atoms with Crippen molar-refractivity contribution in [3.63, 3.8) is 0 Å². The second-order valence-corrected chi connectivity index (χ2v) is 6.25. The van der Waals surface area contributed by atoms with Crippen molar-refractivity contribution in [3.8, 4) is 0 Å². The third-order valence-electron chi connectivity index (χ3n) is 4.68. The van der Waals surface area contributed by atoms with Crippen molar-refractivity contribution in [2.24, 2.45) is 5.92 Å². The summed E-state index contributed by atoms with van der Waals surface area (Å²) in [5, 5.41) is 11.7. The van der Waals surface area contributed by atoms with E-state index in [-0.39, 0.29) is 24.1 Å². The van der Waals surface area contributed by atoms with Gasteiger partial charge in [-0.2, -0.15) is 0 Å². The molecule has 5 nitrogen and oxygen atoms in total. The van der Waals surface area contributed by atoms with Gasteiger partial charge in [0.2, 0.25) is 11.7 Å². The Bertz CT molecular complexity index is 699. The second kappa shape index (κ2) is 7.34. The molecule has 0 bridgehead atoms. The van der Waals surface area contributed by atoms with E-state index in [1.165, 1.54) is 11.6 Å². The number of carboxylic acid groups (broad SMARTS) is 1. The Balaban J connectivity index is 1.47. The zero-order chi connectivity index (χ0) is 16.9. The lowest BCUT2D eigenvalue weighted by Crippen LogP contribution is -2.32. The molecule has 1 amide bonds. The summed E-state index contributed by atoms with van der Waals surface area (Å²) < 4.78 is 5.14. The average molecular weight is 327 g/mol. The number of carboxylic acids is 1. The summed E-state index contributed by atoms with van der Waals surface area (Å²) in [5.41, 5.74) is 1.35. The van der Waals surface area contributed by atoms with Gasteiger partial charge in [-0.05, 0) is 49.3 Å². The number of benzene rings is 1. The Hall–Kier alpha value is -2.56. The predicted octanol–water partition coefficient (Wildman–Crippen LogP) is 3.57. The van der Waals surface area contributed by atoms with E-state index >= 15 is 0 Å². The molecule has 1 heterocycles. The highest BCUT2D eigenvalue weighted by atomic mass is 16.4. The molecule has 24 heavy (non-hydrogen) atoms. The zero-order valence-electron chi connectivity index (χ0n) is 13.4. The fourth-order valence-electron chi connectivity index (χ4n) is 3.32. The number of hydrogen-bond acceptors (Lipinski definition) is 3. The van der Waals surface area contributed by atoms with E-state index < -0.39 is 5.97 Å². The molecule has 1 aliphatic rings. The Morgan fingerprint density at radius 1 is 1.04 bits per heavy atom. The highest BCUT2D eigenvalue weighted by Crippen LogP contribution is 2.35. The Morgan fingerprint density at radius 2 is 1.75 bits per heavy atom. The molecule has 0 aliphatic heterocycles. The maximum atomic E-state index is 12.3. The molecule has 5 heteroatoms. The first-order valence-electron chi connectivity index (χ1n) is 8.28. The highest BCUT2D eigenvalue weighted by molar-refractivity contribution is 5.84. The molecule has 3 rings (SSSR count). The van der Waals surface area contributed by atoms with Crippen molar-refractivity contribution in [1.29, 1.82) is 0 Å². The van der Waals surface area contributed by atoms with Gasteiger partial charge in [-0.1, -0.05) is 30.3 Å². The summed E-state index contributed by atoms with van der Waals surface area (Å²) in [4.78, 5) is 23.1. The van der Waals surface area contributed by atoms with Crippen molar-refractivity contribution in [1.82, 2.24) is 5.32 Å². The van der Waals surface area contributed by atoms with Crippen LogP contribution in [0.15, 0.2) is 46.9 Å². The van der Waals surface area contributed by atoms with Gasteiger partial charge < -0.3 is 14.8 Å². The SMILES string of the molecule is O=C(O)c1ccc(CNC(=O)C2CCC(c3ccccc3)CC2)o1. The van der Waals surface area contributed by atoms with Crippen LogP contribution in [-0.4, -0.2) is 17.0 Å². The van der Waals surface area contributed by atoms with Crippen LogP contribution in [0.3, 0.4) is 0 Å². The van der Waals surface area contributed by atoms with Crippen LogP contribution in [0.5, 0.6) is 0 Å². The van der Waals surface area contributed by atoms with Crippen LogP contribution in [0.1, 0.15) is 53.5 Å². The molecule has 126 valence electrons. The number of carbonyl (C=O) groups is 2. The van der Waals surface area contributed by atoms with Crippen LogP contribution in [-0.2, 0) is 11.3 Å². The molecule has 2 aromatic rings. The van der Waals surface area contributed by atoms with Crippen LogP contribution in [0, 0.1) is 5.92 Å². The average Bonchev–Trinajstić information content (AvgIpc) is 3.10. The number of hydrogen-bond donors (Lipinski definition) is 2. The maximum Gasteiger partial charge on any atom is 0.371 e. The monoisotopic (exact) mass is 327 g/mol. The quantitative estimate of drug-likeness (QED) is 0.880. The van der Waals surface area contributed by atoms with E-state index in [9.17, 15) is 9.59 Å². The molecule has 0 unspecified atom stereocenters. The fourth-order valence-corrected chi connectivity index (χ4v) is 3.32. The number of rotatable bonds is 5. The lowest BCUT2D eigenvalue weighted by molar-refractivity contribution is -0.126. The lowest BCUT2D eigenvalue weighted by atomic mass is 9.78. The van der Waals surface area contributed by atoms with Gasteiger partial charge in [-0.25, -0.2) is 4.79 Å². The van der Waals surface area contributed by atoms with E-state index in [1.54, 1.807) is 6.07 Å². The molecular weight excluding hydrogens is 306 g/mol. The molecule has 1 aliphatic carbocycles. The Kier molecular flexibility index (Phi) is 4.99. The minimum atomic E-state index is -1.10. The maximum absolute atomic E-state index is 12.3. The smallest absolute Gasteiger partial charge is 0.371 e. The summed E-state index contributed by atoms with van der Waals surface area (Å²) in [6.07, 6.45) is 3.80. The van der Waals surface area contributed by atoms with Crippen LogP contribution in [0.25, 0.3) is 0 Å². The standard InChI is InChI=1S/C19H21NO4/c21-18(20-12-16-10-11-17(24-16)19(22)23)15-8-6-14(7-9-15)13-4-2-1-3-5-13/h1-5,10-11,14-15H,6-9,12H2,(H,20,21)(H,22,23). The topological polar surface area (TPSA) is 79.5 Å². The number of carbonyl (C=O) groups excluding carboxylic acids is 1. The molecule has 0 radical (unpaired) electrons. The van der Waals surface area contributed by atoms with Gasteiger partial charge in [0.15, 0.2) is 0 Å². The van der Waals surface area contributed by atoms with Crippen LogP contribution in [0.2, 0.25) is 0 Å². The molecule has 0 spiro atoms. The van der Waals surface area contributed by atoms with E-state index in [4.69, 9.17) is 9.52 Å². The zero-order valence-corrected chi connectivity index (χ0v) is 13.4. The second-order valence-electron chi connectivity index (χ2n) is 6.25. The first-order chi connectivity index (χ1) is 11.6. The summed E-state index contributed by atoms with van der Waals surface area (Å²) in [6, 6.07) is 13.4. The first kappa shape index (κ1) is 16.3. The van der Waals surface area contributed by atoms with Gasteiger partial charge in [-0.15, -0.1) is 0 Å². The van der Waals surface area contributed by atoms with Crippen molar-refractivity contribution in [2.75, 3.05) is 0 Å². The van der Waals surface area contributed by atoms with E-state index in [2.05, 4.69) is 29.6 Å². The van der Waals surface area contributed by atoms with Gasteiger partial charge in [-0.3, -0.25) is 4.79 Å². The minimum Gasteiger partial charge on any atom is -0.475 e. The van der Waals surface area contributed by atoms with Crippen LogP contribution < -0.4 is 5.32 Å².